The van der Waals surface area contributed by atoms with Crippen LogP contribution in [0.3, 0.4) is 0 Å². The fourth-order valence-corrected chi connectivity index (χ4v) is 1.71. The highest BCUT2D eigenvalue weighted by Gasteiger charge is 2.19. The van der Waals surface area contributed by atoms with Crippen molar-refractivity contribution in [1.29, 1.82) is 0 Å². The standard InChI is InChI=1S/C11H15N.ClH/c1-8-4-3-5-10(9(8)2)11-6-7-12-11;/h3-5,11-12H,6-7H2,1-2H3;1H/t11-;/m0./s1. The van der Waals surface area contributed by atoms with Gasteiger partial charge in [-0.15, -0.1) is 12.4 Å². The van der Waals surface area contributed by atoms with E-state index in [9.17, 15) is 0 Å². The number of aryl methyl sites for hydroxylation is 1. The first-order chi connectivity index (χ1) is 5.79. The number of hydrogen-bond donors (Lipinski definition) is 1. The molecule has 1 saturated heterocycles. The number of nitrogens with one attached hydrogen (secondary N) is 1. The van der Waals surface area contributed by atoms with Crippen LogP contribution in [0.15, 0.2) is 18.2 Å². The summed E-state index contributed by atoms with van der Waals surface area (Å²) in [4.78, 5) is 0. The minimum absolute atomic E-state index is 0. The van der Waals surface area contributed by atoms with E-state index in [0.29, 0.717) is 6.04 Å². The van der Waals surface area contributed by atoms with Gasteiger partial charge in [-0.1, -0.05) is 18.2 Å². The predicted molar refractivity (Wildman–Crippen MR) is 58.5 cm³/mol. The summed E-state index contributed by atoms with van der Waals surface area (Å²) >= 11 is 0. The van der Waals surface area contributed by atoms with Crippen LogP contribution in [0.25, 0.3) is 0 Å². The van der Waals surface area contributed by atoms with Crippen molar-refractivity contribution in [2.24, 2.45) is 0 Å². The van der Waals surface area contributed by atoms with Gasteiger partial charge in [-0.2, -0.15) is 0 Å². The molecule has 0 bridgehead atoms. The van der Waals surface area contributed by atoms with Crippen molar-refractivity contribution in [3.8, 4) is 0 Å². The van der Waals surface area contributed by atoms with Crippen molar-refractivity contribution < 1.29 is 0 Å². The molecule has 1 atom stereocenters. The maximum Gasteiger partial charge on any atom is 0.0335 e. The van der Waals surface area contributed by atoms with Gasteiger partial charge < -0.3 is 5.32 Å². The minimum atomic E-state index is 0. The first kappa shape index (κ1) is 10.6. The second-order valence-corrected chi connectivity index (χ2v) is 3.58. The first-order valence-corrected chi connectivity index (χ1v) is 4.58. The number of rotatable bonds is 1. The topological polar surface area (TPSA) is 12.0 Å². The zero-order valence-electron chi connectivity index (χ0n) is 8.13. The summed E-state index contributed by atoms with van der Waals surface area (Å²) in [6.45, 7) is 5.57. The Morgan fingerprint density at radius 3 is 2.54 bits per heavy atom. The predicted octanol–water partition coefficient (Wildman–Crippen LogP) is 2.76. The van der Waals surface area contributed by atoms with E-state index in [0.717, 1.165) is 0 Å². The molecular weight excluding hydrogens is 182 g/mol. The summed E-state index contributed by atoms with van der Waals surface area (Å²) in [5.74, 6) is 0. The number of hydrogen-bond acceptors (Lipinski definition) is 1. The summed E-state index contributed by atoms with van der Waals surface area (Å²) in [5.41, 5.74) is 4.34. The van der Waals surface area contributed by atoms with E-state index >= 15 is 0 Å². The molecule has 0 saturated carbocycles. The Hall–Kier alpha value is -0.530. The Kier molecular flexibility index (Phi) is 3.34. The number of benzene rings is 1. The fraction of sp³-hybridized carbons (Fsp3) is 0.455. The molecule has 0 amide bonds. The maximum absolute atomic E-state index is 3.43. The zero-order chi connectivity index (χ0) is 8.55. The minimum Gasteiger partial charge on any atom is -0.310 e. The Bertz CT molecular complexity index is 292. The normalized spacial score (nSPS) is 20.3. The van der Waals surface area contributed by atoms with Crippen LogP contribution < -0.4 is 5.32 Å². The van der Waals surface area contributed by atoms with Crippen molar-refractivity contribution in [3.05, 3.63) is 34.9 Å². The molecular formula is C11H16ClN. The van der Waals surface area contributed by atoms with Crippen LogP contribution in [0.5, 0.6) is 0 Å². The highest BCUT2D eigenvalue weighted by atomic mass is 35.5. The SMILES string of the molecule is Cc1cccc([C@@H]2CCN2)c1C.Cl. The molecule has 1 fully saturated rings. The van der Waals surface area contributed by atoms with E-state index in [1.807, 2.05) is 0 Å². The highest BCUT2D eigenvalue weighted by molar-refractivity contribution is 5.85. The average Bonchev–Trinajstić information content (AvgIpc) is 1.95. The van der Waals surface area contributed by atoms with Gasteiger partial charge in [0.1, 0.15) is 0 Å². The lowest BCUT2D eigenvalue weighted by Gasteiger charge is -2.29. The molecule has 2 heteroatoms. The van der Waals surface area contributed by atoms with Crippen LogP contribution in [0.4, 0.5) is 0 Å². The molecule has 0 aliphatic carbocycles. The van der Waals surface area contributed by atoms with Crippen molar-refractivity contribution in [2.45, 2.75) is 26.3 Å². The van der Waals surface area contributed by atoms with Gasteiger partial charge in [-0.25, -0.2) is 0 Å². The lowest BCUT2D eigenvalue weighted by atomic mass is 9.92. The smallest absolute Gasteiger partial charge is 0.0335 e. The zero-order valence-corrected chi connectivity index (χ0v) is 8.95. The highest BCUT2D eigenvalue weighted by Crippen LogP contribution is 2.26. The third kappa shape index (κ3) is 1.87. The quantitative estimate of drug-likeness (QED) is 0.730. The van der Waals surface area contributed by atoms with E-state index < -0.39 is 0 Å². The summed E-state index contributed by atoms with van der Waals surface area (Å²) in [6, 6.07) is 7.19. The van der Waals surface area contributed by atoms with Crippen molar-refractivity contribution >= 4 is 12.4 Å². The van der Waals surface area contributed by atoms with Crippen LogP contribution >= 0.6 is 12.4 Å². The number of halogens is 1. The lowest BCUT2D eigenvalue weighted by Crippen LogP contribution is -2.35. The van der Waals surface area contributed by atoms with E-state index in [1.165, 1.54) is 29.7 Å². The molecule has 0 radical (unpaired) electrons. The van der Waals surface area contributed by atoms with Gasteiger partial charge in [-0.05, 0) is 43.5 Å². The molecule has 1 heterocycles. The molecule has 1 N–H and O–H groups in total. The van der Waals surface area contributed by atoms with Gasteiger partial charge in [0.05, 0.1) is 0 Å². The average molecular weight is 198 g/mol. The van der Waals surface area contributed by atoms with Crippen LogP contribution in [0.1, 0.15) is 29.2 Å². The molecule has 1 aliphatic heterocycles. The monoisotopic (exact) mass is 197 g/mol. The van der Waals surface area contributed by atoms with Gasteiger partial charge in [0.25, 0.3) is 0 Å². The summed E-state index contributed by atoms with van der Waals surface area (Å²) in [5, 5.41) is 3.43. The van der Waals surface area contributed by atoms with Crippen molar-refractivity contribution in [2.75, 3.05) is 6.54 Å². The van der Waals surface area contributed by atoms with E-state index in [-0.39, 0.29) is 12.4 Å². The fourth-order valence-electron chi connectivity index (χ4n) is 1.71. The second-order valence-electron chi connectivity index (χ2n) is 3.58. The van der Waals surface area contributed by atoms with Crippen LogP contribution in [0.2, 0.25) is 0 Å². The van der Waals surface area contributed by atoms with E-state index in [2.05, 4.69) is 37.4 Å². The van der Waals surface area contributed by atoms with Crippen LogP contribution in [0, 0.1) is 13.8 Å². The Balaban J connectivity index is 0.000000845. The molecule has 72 valence electrons. The third-order valence-corrected chi connectivity index (χ3v) is 2.85. The Morgan fingerprint density at radius 1 is 1.31 bits per heavy atom. The second kappa shape index (κ2) is 4.12. The molecule has 1 aromatic carbocycles. The molecule has 1 aliphatic rings. The van der Waals surface area contributed by atoms with Gasteiger partial charge in [-0.3, -0.25) is 0 Å². The largest absolute Gasteiger partial charge is 0.310 e. The van der Waals surface area contributed by atoms with Gasteiger partial charge in [0.2, 0.25) is 0 Å². The van der Waals surface area contributed by atoms with Crippen molar-refractivity contribution in [1.82, 2.24) is 5.32 Å². The lowest BCUT2D eigenvalue weighted by molar-refractivity contribution is 0.382. The molecule has 0 aromatic heterocycles. The maximum atomic E-state index is 3.43. The summed E-state index contributed by atoms with van der Waals surface area (Å²) in [7, 11) is 0. The molecule has 13 heavy (non-hydrogen) atoms. The van der Waals surface area contributed by atoms with Crippen LogP contribution in [-0.2, 0) is 0 Å². The first-order valence-electron chi connectivity index (χ1n) is 4.58. The molecule has 2 rings (SSSR count). The molecule has 1 aromatic rings. The Morgan fingerprint density at radius 2 is 2.00 bits per heavy atom. The third-order valence-electron chi connectivity index (χ3n) is 2.85. The van der Waals surface area contributed by atoms with Crippen LogP contribution in [-0.4, -0.2) is 6.54 Å². The van der Waals surface area contributed by atoms with Gasteiger partial charge in [0.15, 0.2) is 0 Å². The van der Waals surface area contributed by atoms with E-state index in [1.54, 1.807) is 0 Å². The summed E-state index contributed by atoms with van der Waals surface area (Å²) in [6.07, 6.45) is 1.30. The summed E-state index contributed by atoms with van der Waals surface area (Å²) < 4.78 is 0. The molecule has 0 unspecified atom stereocenters. The van der Waals surface area contributed by atoms with Gasteiger partial charge in [0, 0.05) is 6.04 Å². The van der Waals surface area contributed by atoms with E-state index in [4.69, 9.17) is 0 Å². The van der Waals surface area contributed by atoms with Gasteiger partial charge >= 0.3 is 0 Å². The van der Waals surface area contributed by atoms with Crippen molar-refractivity contribution in [3.63, 3.8) is 0 Å². The Labute approximate surface area is 86.0 Å². The molecule has 1 nitrogen and oxygen atoms in total. The molecule has 0 spiro atoms.